The normalized spacial score (nSPS) is 14.4. The lowest BCUT2D eigenvalue weighted by molar-refractivity contribution is 0.0714. The molecule has 0 fully saturated rings. The van der Waals surface area contributed by atoms with Gasteiger partial charge in [-0.1, -0.05) is 77.9 Å². The molecule has 0 aliphatic carbocycles. The number of carbonyl (C=O) groups is 1. The van der Waals surface area contributed by atoms with Crippen molar-refractivity contribution in [3.63, 3.8) is 0 Å². The average Bonchev–Trinajstić information content (AvgIpc) is 3.25. The average molecular weight is 532 g/mol. The van der Waals surface area contributed by atoms with Crippen LogP contribution in [0.1, 0.15) is 50.0 Å². The third-order valence-corrected chi connectivity index (χ3v) is 7.34. The number of amides is 1. The molecular formula is C34H29NO5. The summed E-state index contributed by atoms with van der Waals surface area (Å²) in [5.41, 5.74) is 5.35. The molecule has 4 aromatic carbocycles. The molecule has 6 heteroatoms. The highest BCUT2D eigenvalue weighted by molar-refractivity contribution is 5.99. The van der Waals surface area contributed by atoms with Crippen LogP contribution in [0.2, 0.25) is 0 Å². The molecule has 5 aromatic rings. The van der Waals surface area contributed by atoms with Crippen LogP contribution in [-0.2, 0) is 13.2 Å². The number of nitrogens with zero attached hydrogens (tertiary/aromatic N) is 1. The van der Waals surface area contributed by atoms with Crippen LogP contribution in [0.25, 0.3) is 11.0 Å². The van der Waals surface area contributed by atoms with Gasteiger partial charge in [0.2, 0.25) is 5.76 Å². The fourth-order valence-corrected chi connectivity index (χ4v) is 5.24. The monoisotopic (exact) mass is 531 g/mol. The number of rotatable bonds is 7. The number of ether oxygens (including phenoxy) is 2. The zero-order valence-electron chi connectivity index (χ0n) is 22.6. The van der Waals surface area contributed by atoms with Crippen molar-refractivity contribution in [3.05, 3.63) is 140 Å². The Hall–Kier alpha value is -4.84. The van der Waals surface area contributed by atoms with Crippen molar-refractivity contribution < 1.29 is 18.7 Å². The third-order valence-electron chi connectivity index (χ3n) is 7.34. The minimum atomic E-state index is -0.651. The number of benzene rings is 4. The first-order valence-electron chi connectivity index (χ1n) is 13.2. The molecule has 0 saturated carbocycles. The number of fused-ring (bicyclic) bond motifs is 2. The Bertz CT molecular complexity index is 1770. The molecule has 1 amide bonds. The first-order valence-corrected chi connectivity index (χ1v) is 13.2. The Balaban J connectivity index is 1.45. The van der Waals surface area contributed by atoms with E-state index in [1.807, 2.05) is 98.8 Å². The Morgan fingerprint density at radius 1 is 0.800 bits per heavy atom. The molecule has 1 atom stereocenters. The van der Waals surface area contributed by atoms with Gasteiger partial charge in [-0.15, -0.1) is 0 Å². The Kier molecular flexibility index (Phi) is 6.60. The molecule has 0 bridgehead atoms. The van der Waals surface area contributed by atoms with Crippen molar-refractivity contribution in [2.24, 2.45) is 0 Å². The molecule has 40 heavy (non-hydrogen) atoms. The van der Waals surface area contributed by atoms with Crippen LogP contribution < -0.4 is 14.9 Å². The molecule has 0 N–H and O–H groups in total. The van der Waals surface area contributed by atoms with Gasteiger partial charge in [0.1, 0.15) is 12.2 Å². The van der Waals surface area contributed by atoms with Gasteiger partial charge in [0.25, 0.3) is 5.91 Å². The van der Waals surface area contributed by atoms with E-state index >= 15 is 0 Å². The van der Waals surface area contributed by atoms with Crippen LogP contribution in [0.15, 0.2) is 100 Å². The maximum Gasteiger partial charge on any atom is 0.291 e. The molecule has 6 nitrogen and oxygen atoms in total. The molecule has 0 spiro atoms. The highest BCUT2D eigenvalue weighted by Gasteiger charge is 2.43. The number of methoxy groups -OCH3 is 1. The van der Waals surface area contributed by atoms with Crippen molar-refractivity contribution in [2.45, 2.75) is 33.0 Å². The van der Waals surface area contributed by atoms with Gasteiger partial charge in [0.15, 0.2) is 16.9 Å². The SMILES string of the molecule is COc1cc(C2c3c(oc4ccc(C)cc4c3=O)C(=O)N2Cc2ccc(C)cc2)ccc1OCc1ccccc1. The van der Waals surface area contributed by atoms with E-state index in [2.05, 4.69) is 0 Å². The summed E-state index contributed by atoms with van der Waals surface area (Å²) in [7, 11) is 1.58. The first kappa shape index (κ1) is 25.4. The van der Waals surface area contributed by atoms with Crippen LogP contribution >= 0.6 is 0 Å². The van der Waals surface area contributed by atoms with Crippen LogP contribution in [0.4, 0.5) is 0 Å². The van der Waals surface area contributed by atoms with Crippen LogP contribution in [0.3, 0.4) is 0 Å². The van der Waals surface area contributed by atoms with E-state index in [1.54, 1.807) is 18.1 Å². The van der Waals surface area contributed by atoms with E-state index < -0.39 is 6.04 Å². The molecule has 200 valence electrons. The standard InChI is InChI=1S/C34H29NO5/c1-21-9-12-23(13-10-21)19-35-31(30-32(36)26-17-22(2)11-15-27(26)40-33(30)34(35)37)25-14-16-28(29(18-25)38-3)39-20-24-7-5-4-6-8-24/h4-18,31H,19-20H2,1-3H3. The lowest BCUT2D eigenvalue weighted by atomic mass is 9.97. The minimum Gasteiger partial charge on any atom is -0.493 e. The van der Waals surface area contributed by atoms with Crippen molar-refractivity contribution in [3.8, 4) is 11.5 Å². The summed E-state index contributed by atoms with van der Waals surface area (Å²) in [6.07, 6.45) is 0. The van der Waals surface area contributed by atoms with Gasteiger partial charge in [-0.05, 0) is 54.8 Å². The number of carbonyl (C=O) groups excluding carboxylic acids is 1. The van der Waals surface area contributed by atoms with Crippen LogP contribution in [0.5, 0.6) is 11.5 Å². The highest BCUT2D eigenvalue weighted by Crippen LogP contribution is 2.42. The Morgan fingerprint density at radius 2 is 1.55 bits per heavy atom. The summed E-state index contributed by atoms with van der Waals surface area (Å²) in [5, 5.41) is 0.462. The molecule has 1 aliphatic heterocycles. The highest BCUT2D eigenvalue weighted by atomic mass is 16.5. The summed E-state index contributed by atoms with van der Waals surface area (Å²) >= 11 is 0. The van der Waals surface area contributed by atoms with Crippen molar-refractivity contribution in [2.75, 3.05) is 7.11 Å². The number of aryl methyl sites for hydroxylation is 2. The van der Waals surface area contributed by atoms with Gasteiger partial charge in [0, 0.05) is 6.54 Å². The molecular weight excluding hydrogens is 502 g/mol. The smallest absolute Gasteiger partial charge is 0.291 e. The second-order valence-corrected chi connectivity index (χ2v) is 10.2. The zero-order valence-corrected chi connectivity index (χ0v) is 22.6. The summed E-state index contributed by atoms with van der Waals surface area (Å²) in [6.45, 7) is 4.65. The zero-order chi connectivity index (χ0) is 27.8. The molecule has 0 saturated heterocycles. The predicted octanol–water partition coefficient (Wildman–Crippen LogP) is 6.74. The van der Waals surface area contributed by atoms with E-state index in [-0.39, 0.29) is 17.1 Å². The van der Waals surface area contributed by atoms with Crippen LogP contribution in [0, 0.1) is 13.8 Å². The molecule has 2 heterocycles. The van der Waals surface area contributed by atoms with Gasteiger partial charge >= 0.3 is 0 Å². The van der Waals surface area contributed by atoms with E-state index in [0.717, 1.165) is 27.8 Å². The van der Waals surface area contributed by atoms with Gasteiger partial charge in [0.05, 0.1) is 24.1 Å². The van der Waals surface area contributed by atoms with Crippen molar-refractivity contribution in [1.29, 1.82) is 0 Å². The predicted molar refractivity (Wildman–Crippen MR) is 154 cm³/mol. The first-order chi connectivity index (χ1) is 19.4. The van der Waals surface area contributed by atoms with Gasteiger partial charge in [-0.2, -0.15) is 0 Å². The quantitative estimate of drug-likeness (QED) is 0.233. The number of hydrogen-bond acceptors (Lipinski definition) is 5. The lowest BCUT2D eigenvalue weighted by Gasteiger charge is -2.26. The Morgan fingerprint density at radius 3 is 2.30 bits per heavy atom. The van der Waals surface area contributed by atoms with E-state index in [4.69, 9.17) is 13.9 Å². The molecule has 1 unspecified atom stereocenters. The maximum absolute atomic E-state index is 13.9. The summed E-state index contributed by atoms with van der Waals surface area (Å²) in [6, 6.07) is 28.3. The molecule has 1 aliphatic rings. The molecule has 1 aromatic heterocycles. The summed E-state index contributed by atoms with van der Waals surface area (Å²) < 4.78 is 17.9. The van der Waals surface area contributed by atoms with Gasteiger partial charge in [-0.3, -0.25) is 9.59 Å². The minimum absolute atomic E-state index is 0.0850. The van der Waals surface area contributed by atoms with Crippen molar-refractivity contribution >= 4 is 16.9 Å². The second-order valence-electron chi connectivity index (χ2n) is 10.2. The van der Waals surface area contributed by atoms with Crippen molar-refractivity contribution in [1.82, 2.24) is 4.90 Å². The second kappa shape index (κ2) is 10.4. The third kappa shape index (κ3) is 4.62. The molecule has 6 rings (SSSR count). The van der Waals surface area contributed by atoms with Gasteiger partial charge < -0.3 is 18.8 Å². The lowest BCUT2D eigenvalue weighted by Crippen LogP contribution is -2.29. The summed E-state index contributed by atoms with van der Waals surface area (Å²) in [5.74, 6) is 0.863. The van der Waals surface area contributed by atoms with E-state index in [9.17, 15) is 9.59 Å². The summed E-state index contributed by atoms with van der Waals surface area (Å²) in [4.78, 5) is 29.5. The number of hydrogen-bond donors (Lipinski definition) is 0. The van der Waals surface area contributed by atoms with Crippen LogP contribution in [-0.4, -0.2) is 17.9 Å². The Labute approximate surface area is 232 Å². The largest absolute Gasteiger partial charge is 0.493 e. The fourth-order valence-electron chi connectivity index (χ4n) is 5.24. The maximum atomic E-state index is 13.9. The van der Waals surface area contributed by atoms with E-state index in [1.165, 1.54) is 0 Å². The molecule has 0 radical (unpaired) electrons. The fraction of sp³-hybridized carbons (Fsp3) is 0.176. The topological polar surface area (TPSA) is 69.0 Å². The van der Waals surface area contributed by atoms with Gasteiger partial charge in [-0.25, -0.2) is 0 Å². The van der Waals surface area contributed by atoms with E-state index in [0.29, 0.717) is 41.2 Å².